The molecular formula is C19H21ClN4. The van der Waals surface area contributed by atoms with Crippen LogP contribution >= 0.6 is 11.6 Å². The van der Waals surface area contributed by atoms with E-state index in [9.17, 15) is 0 Å². The Hall–Kier alpha value is -2.04. The van der Waals surface area contributed by atoms with Crippen LogP contribution in [0.25, 0.3) is 0 Å². The summed E-state index contributed by atoms with van der Waals surface area (Å²) in [6.45, 7) is 7.63. The van der Waals surface area contributed by atoms with Crippen LogP contribution in [0.5, 0.6) is 0 Å². The topological polar surface area (TPSA) is 30.9 Å². The van der Waals surface area contributed by atoms with Crippen molar-refractivity contribution in [1.29, 1.82) is 0 Å². The summed E-state index contributed by atoms with van der Waals surface area (Å²) in [5.74, 6) is 0. The molecule has 2 aromatic rings. The van der Waals surface area contributed by atoms with Gasteiger partial charge in [-0.05, 0) is 36.9 Å². The number of rotatable bonds is 2. The number of likely N-dealkylation sites (N-methyl/N-ethyl adjacent to an activating group) is 1. The maximum Gasteiger partial charge on any atom is 0.0886 e. The number of fused-ring (bicyclic) bond motifs is 2. The summed E-state index contributed by atoms with van der Waals surface area (Å²) in [6.07, 6.45) is 1.91. The fraction of sp³-hybridized carbons (Fsp3) is 0.316. The molecule has 2 aliphatic rings. The number of anilines is 3. The van der Waals surface area contributed by atoms with Crippen LogP contribution < -0.4 is 10.2 Å². The van der Waals surface area contributed by atoms with Crippen molar-refractivity contribution in [2.45, 2.75) is 6.92 Å². The Balaban J connectivity index is 1.70. The Morgan fingerprint density at radius 1 is 1.12 bits per heavy atom. The van der Waals surface area contributed by atoms with Crippen LogP contribution in [0.1, 0.15) is 12.5 Å². The van der Waals surface area contributed by atoms with Crippen molar-refractivity contribution >= 4 is 40.6 Å². The number of hydrogen-bond acceptors (Lipinski definition) is 4. The van der Waals surface area contributed by atoms with Crippen LogP contribution in [0.2, 0.25) is 5.02 Å². The second kappa shape index (κ2) is 6.46. The lowest BCUT2D eigenvalue weighted by molar-refractivity contribution is 0.271. The van der Waals surface area contributed by atoms with Crippen molar-refractivity contribution in [2.75, 3.05) is 42.9 Å². The van der Waals surface area contributed by atoms with E-state index in [1.54, 1.807) is 0 Å². The number of nitrogens with zero attached hydrogens (tertiary/aromatic N) is 3. The highest BCUT2D eigenvalue weighted by molar-refractivity contribution is 6.31. The molecule has 1 saturated heterocycles. The Kier molecular flexibility index (Phi) is 4.17. The van der Waals surface area contributed by atoms with Gasteiger partial charge in [-0.3, -0.25) is 4.99 Å². The van der Waals surface area contributed by atoms with Gasteiger partial charge in [-0.15, -0.1) is 0 Å². The molecule has 0 amide bonds. The fourth-order valence-electron chi connectivity index (χ4n) is 3.36. The average Bonchev–Trinajstić information content (AvgIpc) is 2.80. The molecule has 4 rings (SSSR count). The predicted molar refractivity (Wildman–Crippen MR) is 103 cm³/mol. The third-order valence-electron chi connectivity index (χ3n) is 4.80. The molecule has 0 bridgehead atoms. The standard InChI is InChI=1S/C19H21ClN4/c1-2-23-8-10-24(11-9-23)18-5-3-4-16-19(18)22-17-12-15(20)7-6-14(17)13-21-16/h3-7,12-13,22H,2,8-11H2,1H3. The maximum absolute atomic E-state index is 6.18. The molecule has 0 atom stereocenters. The van der Waals surface area contributed by atoms with Gasteiger partial charge in [-0.1, -0.05) is 24.6 Å². The zero-order valence-electron chi connectivity index (χ0n) is 13.8. The molecule has 0 spiro atoms. The van der Waals surface area contributed by atoms with Crippen LogP contribution in [-0.4, -0.2) is 43.8 Å². The van der Waals surface area contributed by atoms with E-state index >= 15 is 0 Å². The quantitative estimate of drug-likeness (QED) is 0.755. The van der Waals surface area contributed by atoms with Crippen LogP contribution in [0, 0.1) is 0 Å². The number of para-hydroxylation sites is 1. The van der Waals surface area contributed by atoms with E-state index in [0.717, 1.165) is 60.4 Å². The van der Waals surface area contributed by atoms with E-state index in [-0.39, 0.29) is 0 Å². The van der Waals surface area contributed by atoms with Gasteiger partial charge in [0.2, 0.25) is 0 Å². The van der Waals surface area contributed by atoms with Gasteiger partial charge in [0, 0.05) is 48.7 Å². The summed E-state index contributed by atoms with van der Waals surface area (Å²) in [5, 5.41) is 4.30. The molecule has 5 heteroatoms. The largest absolute Gasteiger partial charge is 0.367 e. The van der Waals surface area contributed by atoms with E-state index in [0.29, 0.717) is 0 Å². The van der Waals surface area contributed by atoms with Gasteiger partial charge in [-0.25, -0.2) is 0 Å². The van der Waals surface area contributed by atoms with Crippen LogP contribution in [0.15, 0.2) is 41.4 Å². The molecule has 0 radical (unpaired) electrons. The molecule has 4 nitrogen and oxygen atoms in total. The minimum atomic E-state index is 0.729. The molecule has 24 heavy (non-hydrogen) atoms. The first-order valence-electron chi connectivity index (χ1n) is 8.45. The van der Waals surface area contributed by atoms with Crippen molar-refractivity contribution < 1.29 is 0 Å². The summed E-state index contributed by atoms with van der Waals surface area (Å²) in [4.78, 5) is 9.61. The zero-order valence-corrected chi connectivity index (χ0v) is 14.6. The SMILES string of the molecule is CCN1CCN(c2cccc3c2Nc2cc(Cl)ccc2C=N3)CC1. The fourth-order valence-corrected chi connectivity index (χ4v) is 3.53. The number of aliphatic imine (C=N–C) groups is 1. The third kappa shape index (κ3) is 2.87. The van der Waals surface area contributed by atoms with Crippen molar-refractivity contribution in [3.63, 3.8) is 0 Å². The summed E-state index contributed by atoms with van der Waals surface area (Å²) < 4.78 is 0. The average molecular weight is 341 g/mol. The van der Waals surface area contributed by atoms with Crippen molar-refractivity contribution in [3.8, 4) is 0 Å². The Morgan fingerprint density at radius 2 is 1.96 bits per heavy atom. The lowest BCUT2D eigenvalue weighted by atomic mass is 10.1. The monoisotopic (exact) mass is 340 g/mol. The Labute approximate surface area is 147 Å². The van der Waals surface area contributed by atoms with E-state index in [4.69, 9.17) is 11.6 Å². The molecular weight excluding hydrogens is 320 g/mol. The number of piperazine rings is 1. The minimum Gasteiger partial charge on any atom is -0.367 e. The third-order valence-corrected chi connectivity index (χ3v) is 5.03. The predicted octanol–water partition coefficient (Wildman–Crippen LogP) is 4.29. The van der Waals surface area contributed by atoms with E-state index in [1.807, 2.05) is 24.4 Å². The first-order valence-corrected chi connectivity index (χ1v) is 8.83. The van der Waals surface area contributed by atoms with Gasteiger partial charge in [0.25, 0.3) is 0 Å². The molecule has 1 N–H and O–H groups in total. The van der Waals surface area contributed by atoms with Crippen LogP contribution in [-0.2, 0) is 0 Å². The lowest BCUT2D eigenvalue weighted by Crippen LogP contribution is -2.46. The minimum absolute atomic E-state index is 0.729. The Bertz CT molecular complexity index is 779. The highest BCUT2D eigenvalue weighted by Crippen LogP contribution is 2.40. The zero-order chi connectivity index (χ0) is 16.5. The van der Waals surface area contributed by atoms with Crippen molar-refractivity contribution in [3.05, 3.63) is 47.0 Å². The summed E-state index contributed by atoms with van der Waals surface area (Å²) >= 11 is 6.18. The van der Waals surface area contributed by atoms with Gasteiger partial charge in [0.15, 0.2) is 0 Å². The van der Waals surface area contributed by atoms with E-state index in [2.05, 4.69) is 45.2 Å². The lowest BCUT2D eigenvalue weighted by Gasteiger charge is -2.36. The molecule has 0 unspecified atom stereocenters. The molecule has 0 aromatic heterocycles. The molecule has 2 aromatic carbocycles. The summed E-state index contributed by atoms with van der Waals surface area (Å²) in [5.41, 5.74) is 5.31. The van der Waals surface area contributed by atoms with Gasteiger partial charge < -0.3 is 15.1 Å². The highest BCUT2D eigenvalue weighted by Gasteiger charge is 2.21. The first-order chi connectivity index (χ1) is 11.7. The van der Waals surface area contributed by atoms with Gasteiger partial charge >= 0.3 is 0 Å². The maximum atomic E-state index is 6.18. The van der Waals surface area contributed by atoms with Gasteiger partial charge in [0.05, 0.1) is 17.1 Å². The highest BCUT2D eigenvalue weighted by atomic mass is 35.5. The van der Waals surface area contributed by atoms with Crippen LogP contribution in [0.3, 0.4) is 0 Å². The van der Waals surface area contributed by atoms with Crippen LogP contribution in [0.4, 0.5) is 22.7 Å². The summed E-state index contributed by atoms with van der Waals surface area (Å²) in [7, 11) is 0. The number of hydrogen-bond donors (Lipinski definition) is 1. The smallest absolute Gasteiger partial charge is 0.0886 e. The van der Waals surface area contributed by atoms with Gasteiger partial charge in [0.1, 0.15) is 0 Å². The normalized spacial score (nSPS) is 17.0. The van der Waals surface area contributed by atoms with Gasteiger partial charge in [-0.2, -0.15) is 0 Å². The molecule has 0 saturated carbocycles. The molecule has 2 heterocycles. The molecule has 2 aliphatic heterocycles. The first kappa shape index (κ1) is 15.5. The Morgan fingerprint density at radius 3 is 2.75 bits per heavy atom. The molecule has 1 fully saturated rings. The second-order valence-electron chi connectivity index (χ2n) is 6.21. The molecule has 0 aliphatic carbocycles. The van der Waals surface area contributed by atoms with E-state index < -0.39 is 0 Å². The summed E-state index contributed by atoms with van der Waals surface area (Å²) in [6, 6.07) is 12.2. The van der Waals surface area contributed by atoms with Crippen molar-refractivity contribution in [1.82, 2.24) is 4.90 Å². The van der Waals surface area contributed by atoms with E-state index in [1.165, 1.54) is 5.69 Å². The number of halogens is 1. The van der Waals surface area contributed by atoms with Crippen molar-refractivity contribution in [2.24, 2.45) is 4.99 Å². The molecule has 124 valence electrons. The second-order valence-corrected chi connectivity index (χ2v) is 6.64. The number of nitrogens with one attached hydrogen (secondary N) is 1. The number of benzene rings is 2.